The Morgan fingerprint density at radius 2 is 1.39 bits per heavy atom. The zero-order chi connectivity index (χ0) is 16.7. The van der Waals surface area contributed by atoms with Crippen LogP contribution in [-0.2, 0) is 16.0 Å². The molecule has 0 bridgehead atoms. The van der Waals surface area contributed by atoms with Crippen LogP contribution in [-0.4, -0.2) is 12.6 Å². The lowest BCUT2D eigenvalue weighted by molar-refractivity contribution is -0.104. The van der Waals surface area contributed by atoms with Crippen LogP contribution in [0.5, 0.6) is 0 Å². The van der Waals surface area contributed by atoms with Gasteiger partial charge in [-0.3, -0.25) is 9.59 Å². The molecule has 0 spiro atoms. The number of halogens is 2. The van der Waals surface area contributed by atoms with E-state index in [4.69, 9.17) is 23.2 Å². The summed E-state index contributed by atoms with van der Waals surface area (Å²) >= 11 is 12.0. The summed E-state index contributed by atoms with van der Waals surface area (Å²) in [4.78, 5) is 20.9. The molecule has 0 saturated carbocycles. The van der Waals surface area contributed by atoms with Crippen LogP contribution in [0.2, 0.25) is 0 Å². The first kappa shape index (κ1) is 17.2. The van der Waals surface area contributed by atoms with Crippen molar-refractivity contribution in [2.45, 2.75) is 6.42 Å². The maximum atomic E-state index is 10.5. The number of aldehydes is 2. The predicted molar refractivity (Wildman–Crippen MR) is 95.5 cm³/mol. The summed E-state index contributed by atoms with van der Waals surface area (Å²) in [5.41, 5.74) is 3.80. The summed E-state index contributed by atoms with van der Waals surface area (Å²) in [5, 5.41) is 0.835. The summed E-state index contributed by atoms with van der Waals surface area (Å²) in [6.07, 6.45) is 4.72. The Labute approximate surface area is 145 Å². The van der Waals surface area contributed by atoms with E-state index in [9.17, 15) is 9.59 Å². The van der Waals surface area contributed by atoms with E-state index in [1.165, 1.54) is 12.2 Å². The van der Waals surface area contributed by atoms with Crippen molar-refractivity contribution in [1.29, 1.82) is 0 Å². The van der Waals surface area contributed by atoms with Crippen molar-refractivity contribution in [3.05, 3.63) is 82.9 Å². The molecule has 2 rings (SSSR count). The highest BCUT2D eigenvalue weighted by atomic mass is 35.5. The van der Waals surface area contributed by atoms with Gasteiger partial charge in [-0.1, -0.05) is 65.7 Å². The number of hydrogen-bond acceptors (Lipinski definition) is 2. The molecule has 0 unspecified atom stereocenters. The summed E-state index contributed by atoms with van der Waals surface area (Å²) in [6, 6.07) is 15.4. The lowest BCUT2D eigenvalue weighted by Crippen LogP contribution is -1.90. The molecule has 0 heterocycles. The maximum Gasteiger partial charge on any atom is 0.144 e. The first-order valence-corrected chi connectivity index (χ1v) is 7.70. The third kappa shape index (κ3) is 4.92. The zero-order valence-electron chi connectivity index (χ0n) is 12.2. The summed E-state index contributed by atoms with van der Waals surface area (Å²) in [7, 11) is 0. The van der Waals surface area contributed by atoms with Gasteiger partial charge < -0.3 is 0 Å². The highest BCUT2D eigenvalue weighted by Gasteiger charge is 2.03. The molecule has 0 fully saturated rings. The molecule has 0 aliphatic heterocycles. The SMILES string of the molecule is O=CC=C(Cl)c1ccc(Cc2cccc(C(Cl)=CC=O)c2)cc1. The number of carbonyl (C=O) groups excluding carboxylic acids is 2. The van der Waals surface area contributed by atoms with E-state index < -0.39 is 0 Å². The smallest absolute Gasteiger partial charge is 0.144 e. The monoisotopic (exact) mass is 344 g/mol. The highest BCUT2D eigenvalue weighted by Crippen LogP contribution is 2.22. The number of allylic oxidation sites excluding steroid dienone is 2. The predicted octanol–water partition coefficient (Wildman–Crippen LogP) is 4.83. The third-order valence-corrected chi connectivity index (χ3v) is 3.96. The van der Waals surface area contributed by atoms with Crippen LogP contribution >= 0.6 is 23.2 Å². The molecule has 0 aromatic heterocycles. The lowest BCUT2D eigenvalue weighted by atomic mass is 10.0. The van der Waals surface area contributed by atoms with Crippen molar-refractivity contribution in [2.24, 2.45) is 0 Å². The number of carbonyl (C=O) groups is 2. The van der Waals surface area contributed by atoms with E-state index in [1.807, 2.05) is 48.5 Å². The Morgan fingerprint density at radius 1 is 0.783 bits per heavy atom. The van der Waals surface area contributed by atoms with Crippen LogP contribution in [0.25, 0.3) is 10.1 Å². The molecular weight excluding hydrogens is 331 g/mol. The standard InChI is InChI=1S/C19H14Cl2O2/c20-18(8-10-22)16-6-4-14(5-7-16)12-15-2-1-3-17(13-15)19(21)9-11-23/h1-11,13H,12H2. The van der Waals surface area contributed by atoms with Crippen LogP contribution in [0.15, 0.2) is 60.7 Å². The quantitative estimate of drug-likeness (QED) is 0.555. The van der Waals surface area contributed by atoms with Crippen molar-refractivity contribution in [1.82, 2.24) is 0 Å². The molecule has 4 heteroatoms. The van der Waals surface area contributed by atoms with Gasteiger partial charge in [0, 0.05) is 0 Å². The van der Waals surface area contributed by atoms with Gasteiger partial charge in [-0.2, -0.15) is 0 Å². The van der Waals surface area contributed by atoms with Crippen LogP contribution in [0.4, 0.5) is 0 Å². The molecular formula is C19H14Cl2O2. The van der Waals surface area contributed by atoms with Gasteiger partial charge in [0.15, 0.2) is 0 Å². The van der Waals surface area contributed by atoms with Gasteiger partial charge in [-0.05, 0) is 46.9 Å². The fraction of sp³-hybridized carbons (Fsp3) is 0.0526. The van der Waals surface area contributed by atoms with Crippen LogP contribution < -0.4 is 0 Å². The number of rotatable bonds is 6. The summed E-state index contributed by atoms with van der Waals surface area (Å²) < 4.78 is 0. The summed E-state index contributed by atoms with van der Waals surface area (Å²) in [6.45, 7) is 0. The van der Waals surface area contributed by atoms with Crippen molar-refractivity contribution in [2.75, 3.05) is 0 Å². The first-order chi connectivity index (χ1) is 11.1. The fourth-order valence-corrected chi connectivity index (χ4v) is 2.51. The minimum atomic E-state index is 0.416. The third-order valence-electron chi connectivity index (χ3n) is 3.27. The van der Waals surface area contributed by atoms with Crippen LogP contribution in [0, 0.1) is 0 Å². The Balaban J connectivity index is 2.18. The second-order valence-corrected chi connectivity index (χ2v) is 5.69. The molecule has 0 amide bonds. The molecule has 0 aliphatic carbocycles. The van der Waals surface area contributed by atoms with Gasteiger partial charge in [-0.15, -0.1) is 0 Å². The molecule has 0 saturated heterocycles. The molecule has 2 aromatic rings. The average molecular weight is 345 g/mol. The van der Waals surface area contributed by atoms with Crippen molar-refractivity contribution in [3.8, 4) is 0 Å². The number of hydrogen-bond donors (Lipinski definition) is 0. The minimum Gasteiger partial charge on any atom is -0.299 e. The summed E-state index contributed by atoms with van der Waals surface area (Å²) in [5.74, 6) is 0. The normalized spacial score (nSPS) is 12.1. The van der Waals surface area contributed by atoms with E-state index in [2.05, 4.69) is 0 Å². The topological polar surface area (TPSA) is 34.1 Å². The van der Waals surface area contributed by atoms with E-state index in [1.54, 1.807) is 0 Å². The maximum absolute atomic E-state index is 10.5. The van der Waals surface area contributed by atoms with E-state index in [-0.39, 0.29) is 0 Å². The van der Waals surface area contributed by atoms with Crippen molar-refractivity contribution >= 4 is 45.8 Å². The largest absolute Gasteiger partial charge is 0.299 e. The second kappa shape index (κ2) is 8.47. The minimum absolute atomic E-state index is 0.416. The van der Waals surface area contributed by atoms with Crippen molar-refractivity contribution in [3.63, 3.8) is 0 Å². The van der Waals surface area contributed by atoms with Crippen molar-refractivity contribution < 1.29 is 9.59 Å². The van der Waals surface area contributed by atoms with E-state index in [0.717, 1.165) is 28.7 Å². The Bertz CT molecular complexity index is 759. The van der Waals surface area contributed by atoms with Gasteiger partial charge in [0.05, 0.1) is 10.1 Å². The van der Waals surface area contributed by atoms with E-state index >= 15 is 0 Å². The molecule has 0 aliphatic rings. The Kier molecular flexibility index (Phi) is 6.33. The van der Waals surface area contributed by atoms with Gasteiger partial charge in [0.1, 0.15) is 12.6 Å². The molecule has 116 valence electrons. The van der Waals surface area contributed by atoms with Gasteiger partial charge in [0.2, 0.25) is 0 Å². The zero-order valence-corrected chi connectivity index (χ0v) is 13.7. The average Bonchev–Trinajstić information content (AvgIpc) is 2.56. The van der Waals surface area contributed by atoms with E-state index in [0.29, 0.717) is 22.6 Å². The van der Waals surface area contributed by atoms with Gasteiger partial charge in [-0.25, -0.2) is 0 Å². The molecule has 2 aromatic carbocycles. The molecule has 0 radical (unpaired) electrons. The lowest BCUT2D eigenvalue weighted by Gasteiger charge is -2.06. The van der Waals surface area contributed by atoms with Gasteiger partial charge in [0.25, 0.3) is 0 Å². The molecule has 0 N–H and O–H groups in total. The fourth-order valence-electron chi connectivity index (χ4n) is 2.16. The molecule has 2 nitrogen and oxygen atoms in total. The second-order valence-electron chi connectivity index (χ2n) is 4.88. The molecule has 0 atom stereocenters. The van der Waals surface area contributed by atoms with Crippen LogP contribution in [0.1, 0.15) is 22.3 Å². The Morgan fingerprint density at radius 3 is 2.00 bits per heavy atom. The molecule has 23 heavy (non-hydrogen) atoms. The Hall–Kier alpha value is -2.16. The number of benzene rings is 2. The highest BCUT2D eigenvalue weighted by molar-refractivity contribution is 6.50. The van der Waals surface area contributed by atoms with Crippen LogP contribution in [0.3, 0.4) is 0 Å². The van der Waals surface area contributed by atoms with Gasteiger partial charge >= 0.3 is 0 Å². The first-order valence-electron chi connectivity index (χ1n) is 6.94.